The maximum absolute atomic E-state index is 12.1. The number of ether oxygens (including phenoxy) is 1. The van der Waals surface area contributed by atoms with Gasteiger partial charge in [0, 0.05) is 6.42 Å². The molecule has 177 valence electrons. The fraction of sp³-hybridized carbons (Fsp3) is 0.923. The van der Waals surface area contributed by atoms with Crippen LogP contribution in [0.4, 0.5) is 0 Å². The lowest BCUT2D eigenvalue weighted by Gasteiger charge is -2.16. The molecule has 4 heteroatoms. The zero-order valence-electron chi connectivity index (χ0n) is 20.2. The van der Waals surface area contributed by atoms with Gasteiger partial charge in [-0.05, 0) is 19.3 Å². The van der Waals surface area contributed by atoms with Gasteiger partial charge in [0.05, 0.1) is 6.42 Å². The Labute approximate surface area is 187 Å². The molecule has 1 atom stereocenters. The van der Waals surface area contributed by atoms with E-state index in [-0.39, 0.29) is 12.4 Å². The molecule has 30 heavy (non-hydrogen) atoms. The quantitative estimate of drug-likeness (QED) is 0.123. The average Bonchev–Trinajstić information content (AvgIpc) is 2.70. The molecule has 0 aliphatic carbocycles. The summed E-state index contributed by atoms with van der Waals surface area (Å²) in [7, 11) is 0. The third kappa shape index (κ3) is 21.6. The van der Waals surface area contributed by atoms with Gasteiger partial charge in [-0.15, -0.1) is 0 Å². The van der Waals surface area contributed by atoms with Crippen molar-refractivity contribution in [3.8, 4) is 0 Å². The van der Waals surface area contributed by atoms with Crippen LogP contribution in [-0.4, -0.2) is 18.0 Å². The molecule has 0 spiro atoms. The highest BCUT2D eigenvalue weighted by Gasteiger charge is 2.17. The van der Waals surface area contributed by atoms with Gasteiger partial charge in [-0.25, -0.2) is 0 Å². The Hall–Kier alpha value is -1.06. The van der Waals surface area contributed by atoms with Crippen molar-refractivity contribution in [1.82, 2.24) is 5.73 Å². The third-order valence-electron chi connectivity index (χ3n) is 5.83. The van der Waals surface area contributed by atoms with Gasteiger partial charge in [0.25, 0.3) is 0 Å². The molecule has 0 rings (SSSR count). The summed E-state index contributed by atoms with van der Waals surface area (Å²) in [6.07, 6.45) is 23.0. The number of esters is 1. The first-order valence-corrected chi connectivity index (χ1v) is 13.0. The van der Waals surface area contributed by atoms with E-state index in [2.05, 4.69) is 13.8 Å². The molecule has 0 heterocycles. The lowest BCUT2D eigenvalue weighted by Crippen LogP contribution is -2.22. The smallest absolute Gasteiger partial charge is 0.306 e. The fourth-order valence-corrected chi connectivity index (χ4v) is 3.92. The number of nitrogens with one attached hydrogen (secondary N) is 1. The van der Waals surface area contributed by atoms with Crippen LogP contribution in [0.2, 0.25) is 0 Å². The molecule has 4 nitrogen and oxygen atoms in total. The lowest BCUT2D eigenvalue weighted by molar-refractivity contribution is -0.150. The average molecular weight is 425 g/mol. The van der Waals surface area contributed by atoms with Crippen LogP contribution in [0.5, 0.6) is 0 Å². The second-order valence-electron chi connectivity index (χ2n) is 8.93. The normalized spacial score (nSPS) is 12.1. The first-order valence-electron chi connectivity index (χ1n) is 13.0. The molecule has 0 bridgehead atoms. The summed E-state index contributed by atoms with van der Waals surface area (Å²) >= 11 is 0. The van der Waals surface area contributed by atoms with Gasteiger partial charge in [0.1, 0.15) is 6.10 Å². The Balaban J connectivity index is 3.75. The minimum atomic E-state index is -0.633. The van der Waals surface area contributed by atoms with Crippen LogP contribution >= 0.6 is 0 Å². The highest BCUT2D eigenvalue weighted by Crippen LogP contribution is 2.16. The number of carbonyl (C=O) groups excluding carboxylic acids is 2. The van der Waals surface area contributed by atoms with Crippen LogP contribution in [0, 0.1) is 0 Å². The Morgan fingerprint density at radius 2 is 1.03 bits per heavy atom. The van der Waals surface area contributed by atoms with Crippen LogP contribution in [0.1, 0.15) is 149 Å². The van der Waals surface area contributed by atoms with E-state index in [0.717, 1.165) is 25.7 Å². The standard InChI is InChI=1S/C26H50NO3/c1-3-5-7-9-11-13-15-17-19-21-24(23-25(27)28)30-26(29)22-20-18-16-14-12-10-8-6-4-2/h24,27H,3-23H2,1-2H3/t24-/m1/s1. The molecule has 0 fully saturated rings. The summed E-state index contributed by atoms with van der Waals surface area (Å²) < 4.78 is 5.53. The number of hydrogen-bond acceptors (Lipinski definition) is 3. The summed E-state index contributed by atoms with van der Waals surface area (Å²) in [5.74, 6) is -0.827. The van der Waals surface area contributed by atoms with Gasteiger partial charge in [0.2, 0.25) is 5.91 Å². The van der Waals surface area contributed by atoms with E-state index < -0.39 is 12.0 Å². The van der Waals surface area contributed by atoms with E-state index in [0.29, 0.717) is 12.8 Å². The molecule has 0 aliphatic rings. The van der Waals surface area contributed by atoms with Crippen molar-refractivity contribution >= 4 is 11.9 Å². The van der Waals surface area contributed by atoms with E-state index in [1.165, 1.54) is 89.9 Å². The molecule has 0 saturated carbocycles. The predicted molar refractivity (Wildman–Crippen MR) is 126 cm³/mol. The van der Waals surface area contributed by atoms with E-state index >= 15 is 0 Å². The number of rotatable bonds is 23. The van der Waals surface area contributed by atoms with Gasteiger partial charge in [-0.3, -0.25) is 15.3 Å². The van der Waals surface area contributed by atoms with Crippen molar-refractivity contribution in [2.75, 3.05) is 0 Å². The Kier molecular flexibility index (Phi) is 21.8. The minimum absolute atomic E-state index is 0.0422. The van der Waals surface area contributed by atoms with E-state index in [9.17, 15) is 9.59 Å². The summed E-state index contributed by atoms with van der Waals surface area (Å²) in [4.78, 5) is 23.3. The minimum Gasteiger partial charge on any atom is -0.462 e. The van der Waals surface area contributed by atoms with Crippen LogP contribution in [0.3, 0.4) is 0 Å². The number of unbranched alkanes of at least 4 members (excludes halogenated alkanes) is 16. The van der Waals surface area contributed by atoms with E-state index in [1.807, 2.05) is 0 Å². The van der Waals surface area contributed by atoms with Crippen molar-refractivity contribution in [2.24, 2.45) is 0 Å². The maximum Gasteiger partial charge on any atom is 0.306 e. The molecular formula is C26H50NO3. The maximum atomic E-state index is 12.1. The topological polar surface area (TPSA) is 67.2 Å². The Morgan fingerprint density at radius 1 is 0.633 bits per heavy atom. The summed E-state index contributed by atoms with van der Waals surface area (Å²) in [5, 5.41) is 0. The van der Waals surface area contributed by atoms with E-state index in [1.54, 1.807) is 0 Å². The molecule has 0 aliphatic heterocycles. The summed E-state index contributed by atoms with van der Waals surface area (Å²) in [5.41, 5.74) is 7.22. The summed E-state index contributed by atoms with van der Waals surface area (Å²) in [6.45, 7) is 4.47. The highest BCUT2D eigenvalue weighted by atomic mass is 16.5. The molecule has 0 saturated heterocycles. The van der Waals surface area contributed by atoms with Crippen molar-refractivity contribution in [1.29, 1.82) is 0 Å². The van der Waals surface area contributed by atoms with Crippen molar-refractivity contribution < 1.29 is 14.3 Å². The molecule has 0 aromatic heterocycles. The van der Waals surface area contributed by atoms with Gasteiger partial charge >= 0.3 is 5.97 Å². The second kappa shape index (κ2) is 22.6. The van der Waals surface area contributed by atoms with Crippen molar-refractivity contribution in [3.63, 3.8) is 0 Å². The molecule has 1 amide bonds. The third-order valence-corrected chi connectivity index (χ3v) is 5.83. The van der Waals surface area contributed by atoms with Crippen LogP contribution in [-0.2, 0) is 14.3 Å². The molecule has 0 unspecified atom stereocenters. The van der Waals surface area contributed by atoms with Crippen LogP contribution in [0.25, 0.3) is 0 Å². The van der Waals surface area contributed by atoms with Crippen LogP contribution in [0.15, 0.2) is 0 Å². The highest BCUT2D eigenvalue weighted by molar-refractivity contribution is 5.74. The van der Waals surface area contributed by atoms with Gasteiger partial charge in [-0.1, -0.05) is 117 Å². The van der Waals surface area contributed by atoms with Crippen molar-refractivity contribution in [2.45, 2.75) is 155 Å². The largest absolute Gasteiger partial charge is 0.462 e. The molecule has 1 radical (unpaired) electrons. The Morgan fingerprint density at radius 3 is 1.47 bits per heavy atom. The second-order valence-corrected chi connectivity index (χ2v) is 8.93. The zero-order chi connectivity index (χ0) is 22.3. The SMILES string of the molecule is CCCCCCCCCCCC(=O)O[C@H](CCCCCCCCCCC)CC([NH])=O. The number of hydrogen-bond donors (Lipinski definition) is 0. The number of amides is 1. The first kappa shape index (κ1) is 28.9. The van der Waals surface area contributed by atoms with Gasteiger partial charge in [-0.2, -0.15) is 0 Å². The molecular weight excluding hydrogens is 374 g/mol. The fourth-order valence-electron chi connectivity index (χ4n) is 3.92. The number of carbonyl (C=O) groups is 2. The van der Waals surface area contributed by atoms with Gasteiger partial charge in [0.15, 0.2) is 0 Å². The first-order chi connectivity index (χ1) is 14.6. The van der Waals surface area contributed by atoms with Crippen molar-refractivity contribution in [3.05, 3.63) is 0 Å². The Bertz CT molecular complexity index is 398. The molecule has 0 aromatic carbocycles. The van der Waals surface area contributed by atoms with Crippen LogP contribution < -0.4 is 5.73 Å². The van der Waals surface area contributed by atoms with Gasteiger partial charge < -0.3 is 4.74 Å². The summed E-state index contributed by atoms with van der Waals surface area (Å²) in [6, 6.07) is 0. The molecule has 1 N–H and O–H groups in total. The molecule has 0 aromatic rings. The predicted octanol–water partition coefficient (Wildman–Crippen LogP) is 7.94. The monoisotopic (exact) mass is 424 g/mol. The lowest BCUT2D eigenvalue weighted by atomic mass is 10.0. The zero-order valence-corrected chi connectivity index (χ0v) is 20.2. The van der Waals surface area contributed by atoms with E-state index in [4.69, 9.17) is 10.5 Å².